The first-order chi connectivity index (χ1) is 8.41. The molecule has 18 heavy (non-hydrogen) atoms. The van der Waals surface area contributed by atoms with Crippen molar-refractivity contribution in [2.24, 2.45) is 0 Å². The first kappa shape index (κ1) is 13.3. The Labute approximate surface area is 114 Å². The van der Waals surface area contributed by atoms with Crippen molar-refractivity contribution >= 4 is 31.1 Å². The number of benzene rings is 1. The topological polar surface area (TPSA) is 56.3 Å². The van der Waals surface area contributed by atoms with E-state index in [-0.39, 0.29) is 4.21 Å². The molecule has 0 atom stereocenters. The second-order valence-electron chi connectivity index (χ2n) is 3.56. The second kappa shape index (κ2) is 4.87. The van der Waals surface area contributed by atoms with Crippen molar-refractivity contribution in [1.29, 1.82) is 0 Å². The molecule has 0 aliphatic heterocycles. The average Bonchev–Trinajstić information content (AvgIpc) is 2.71. The molecule has 0 saturated carbocycles. The van der Waals surface area contributed by atoms with Gasteiger partial charge >= 0.3 is 0 Å². The average molecular weight is 304 g/mol. The molecule has 0 bridgehead atoms. The van der Waals surface area contributed by atoms with E-state index in [1.165, 1.54) is 0 Å². The molecule has 0 radical (unpaired) electrons. The van der Waals surface area contributed by atoms with Gasteiger partial charge in [0.05, 0.1) is 12.8 Å². The van der Waals surface area contributed by atoms with Gasteiger partial charge in [0, 0.05) is 16.2 Å². The summed E-state index contributed by atoms with van der Waals surface area (Å²) in [4.78, 5) is 4.22. The highest BCUT2D eigenvalue weighted by Gasteiger charge is 2.19. The molecule has 2 rings (SSSR count). The lowest BCUT2D eigenvalue weighted by Gasteiger charge is -2.00. The maximum absolute atomic E-state index is 11.3. The summed E-state index contributed by atoms with van der Waals surface area (Å²) < 4.78 is 27.9. The van der Waals surface area contributed by atoms with Crippen molar-refractivity contribution in [3.05, 3.63) is 30.0 Å². The maximum Gasteiger partial charge on any atom is 0.272 e. The van der Waals surface area contributed by atoms with E-state index >= 15 is 0 Å². The molecule has 0 N–H and O–H groups in total. The molecule has 0 amide bonds. The number of methoxy groups -OCH3 is 1. The summed E-state index contributed by atoms with van der Waals surface area (Å²) in [6.07, 6.45) is 0. The highest BCUT2D eigenvalue weighted by Crippen LogP contribution is 2.33. The molecule has 0 fully saturated rings. The highest BCUT2D eigenvalue weighted by molar-refractivity contribution is 8.15. The van der Waals surface area contributed by atoms with E-state index in [1.807, 2.05) is 18.2 Å². The number of hydrogen-bond acceptors (Lipinski definition) is 5. The van der Waals surface area contributed by atoms with Crippen molar-refractivity contribution < 1.29 is 13.2 Å². The lowest BCUT2D eigenvalue weighted by atomic mass is 10.2. The van der Waals surface area contributed by atoms with E-state index in [2.05, 4.69) is 4.98 Å². The van der Waals surface area contributed by atoms with Gasteiger partial charge in [-0.1, -0.05) is 12.1 Å². The van der Waals surface area contributed by atoms with Crippen LogP contribution in [0.15, 0.2) is 28.5 Å². The zero-order chi connectivity index (χ0) is 13.3. The summed E-state index contributed by atoms with van der Waals surface area (Å²) >= 11 is 1.05. The molecule has 4 nitrogen and oxygen atoms in total. The van der Waals surface area contributed by atoms with Gasteiger partial charge in [0.15, 0.2) is 4.21 Å². The number of ether oxygens (including phenoxy) is 1. The Morgan fingerprint density at radius 3 is 2.67 bits per heavy atom. The van der Waals surface area contributed by atoms with Crippen molar-refractivity contribution in [2.45, 2.75) is 11.1 Å². The van der Waals surface area contributed by atoms with E-state index < -0.39 is 9.05 Å². The predicted molar refractivity (Wildman–Crippen MR) is 71.9 cm³/mol. The van der Waals surface area contributed by atoms with Crippen LogP contribution in [0.25, 0.3) is 10.6 Å². The van der Waals surface area contributed by atoms with Crippen LogP contribution in [-0.4, -0.2) is 20.5 Å². The molecule has 1 aromatic carbocycles. The molecule has 2 aromatic rings. The summed E-state index contributed by atoms with van der Waals surface area (Å²) in [5, 5.41) is 0.602. The molecule has 7 heteroatoms. The monoisotopic (exact) mass is 303 g/mol. The summed E-state index contributed by atoms with van der Waals surface area (Å²) in [7, 11) is 3.17. The number of thiazole rings is 1. The van der Waals surface area contributed by atoms with Gasteiger partial charge in [0.25, 0.3) is 9.05 Å². The van der Waals surface area contributed by atoms with Gasteiger partial charge in [-0.2, -0.15) is 0 Å². The fraction of sp³-hybridized carbons (Fsp3) is 0.182. The number of aromatic nitrogens is 1. The minimum Gasteiger partial charge on any atom is -0.497 e. The van der Waals surface area contributed by atoms with Crippen molar-refractivity contribution in [3.8, 4) is 16.3 Å². The molecule has 96 valence electrons. The fourth-order valence-corrected chi connectivity index (χ4v) is 3.94. The molecule has 0 spiro atoms. The SMILES string of the molecule is COc1cccc(-c2nc(C)c(S(=O)(=O)Cl)s2)c1. The van der Waals surface area contributed by atoms with Gasteiger partial charge in [-0.25, -0.2) is 13.4 Å². The Morgan fingerprint density at radius 1 is 1.39 bits per heavy atom. The van der Waals surface area contributed by atoms with Crippen LogP contribution in [-0.2, 0) is 9.05 Å². The Kier molecular flexibility index (Phi) is 3.61. The summed E-state index contributed by atoms with van der Waals surface area (Å²) in [5.41, 5.74) is 1.21. The Morgan fingerprint density at radius 2 is 2.11 bits per heavy atom. The van der Waals surface area contributed by atoms with Gasteiger partial charge in [-0.3, -0.25) is 0 Å². The summed E-state index contributed by atoms with van der Waals surface area (Å²) in [5.74, 6) is 0.690. The van der Waals surface area contributed by atoms with Crippen LogP contribution in [0.3, 0.4) is 0 Å². The van der Waals surface area contributed by atoms with Crippen LogP contribution >= 0.6 is 22.0 Å². The summed E-state index contributed by atoms with van der Waals surface area (Å²) in [6, 6.07) is 7.26. The predicted octanol–water partition coefficient (Wildman–Crippen LogP) is 3.05. The maximum atomic E-state index is 11.3. The lowest BCUT2D eigenvalue weighted by Crippen LogP contribution is -1.88. The smallest absolute Gasteiger partial charge is 0.272 e. The van der Waals surface area contributed by atoms with Crippen molar-refractivity contribution in [1.82, 2.24) is 4.98 Å². The van der Waals surface area contributed by atoms with E-state index in [0.717, 1.165) is 16.9 Å². The molecule has 1 aromatic heterocycles. The molecule has 0 unspecified atom stereocenters. The van der Waals surface area contributed by atoms with E-state index in [9.17, 15) is 8.42 Å². The number of halogens is 1. The molecular weight excluding hydrogens is 294 g/mol. The van der Waals surface area contributed by atoms with E-state index in [4.69, 9.17) is 15.4 Å². The Bertz CT molecular complexity index is 679. The molecule has 0 saturated heterocycles. The van der Waals surface area contributed by atoms with E-state index in [0.29, 0.717) is 16.5 Å². The van der Waals surface area contributed by atoms with E-state index in [1.54, 1.807) is 20.1 Å². The number of nitrogens with zero attached hydrogens (tertiary/aromatic N) is 1. The zero-order valence-corrected chi connectivity index (χ0v) is 12.1. The normalized spacial score (nSPS) is 11.5. The number of rotatable bonds is 3. The summed E-state index contributed by atoms with van der Waals surface area (Å²) in [6.45, 7) is 1.62. The quantitative estimate of drug-likeness (QED) is 0.818. The fourth-order valence-electron chi connectivity index (χ4n) is 1.49. The molecular formula is C11H10ClNO3S2. The Balaban J connectivity index is 2.52. The van der Waals surface area contributed by atoms with Crippen molar-refractivity contribution in [2.75, 3.05) is 7.11 Å². The third-order valence-electron chi connectivity index (χ3n) is 2.29. The number of hydrogen-bond donors (Lipinski definition) is 0. The number of aryl methyl sites for hydroxylation is 1. The van der Waals surface area contributed by atoms with Crippen LogP contribution in [0.1, 0.15) is 5.69 Å². The van der Waals surface area contributed by atoms with Gasteiger partial charge in [0.1, 0.15) is 10.8 Å². The largest absolute Gasteiger partial charge is 0.497 e. The van der Waals surface area contributed by atoms with Gasteiger partial charge in [-0.05, 0) is 19.1 Å². The molecule has 1 heterocycles. The Hall–Kier alpha value is -1.11. The lowest BCUT2D eigenvalue weighted by molar-refractivity contribution is 0.415. The van der Waals surface area contributed by atoms with Crippen LogP contribution in [0.4, 0.5) is 0 Å². The first-order valence-electron chi connectivity index (χ1n) is 4.98. The van der Waals surface area contributed by atoms with Crippen LogP contribution in [0, 0.1) is 6.92 Å². The van der Waals surface area contributed by atoms with Crippen LogP contribution < -0.4 is 4.74 Å². The standard InChI is InChI=1S/C11H10ClNO3S2/c1-7-11(18(12,14)15)17-10(13-7)8-4-3-5-9(6-8)16-2/h3-6H,1-2H3. The van der Waals surface area contributed by atoms with Crippen molar-refractivity contribution in [3.63, 3.8) is 0 Å². The van der Waals surface area contributed by atoms with Crippen LogP contribution in [0.2, 0.25) is 0 Å². The van der Waals surface area contributed by atoms with Gasteiger partial charge in [-0.15, -0.1) is 11.3 Å². The van der Waals surface area contributed by atoms with Gasteiger partial charge < -0.3 is 4.74 Å². The molecule has 0 aliphatic rings. The zero-order valence-electron chi connectivity index (χ0n) is 9.68. The molecule has 0 aliphatic carbocycles. The minimum absolute atomic E-state index is 0.0852. The second-order valence-corrected chi connectivity index (χ2v) is 7.32. The van der Waals surface area contributed by atoms with Gasteiger partial charge in [0.2, 0.25) is 0 Å². The minimum atomic E-state index is -3.74. The van der Waals surface area contributed by atoms with Crippen LogP contribution in [0.5, 0.6) is 5.75 Å². The third-order valence-corrected chi connectivity index (χ3v) is 5.68. The third kappa shape index (κ3) is 2.66. The first-order valence-corrected chi connectivity index (χ1v) is 8.11. The highest BCUT2D eigenvalue weighted by atomic mass is 35.7.